The van der Waals surface area contributed by atoms with E-state index in [0.29, 0.717) is 48.3 Å². The third-order valence-electron chi connectivity index (χ3n) is 5.86. The molecule has 2 saturated heterocycles. The molecule has 32 heavy (non-hydrogen) atoms. The second-order valence-electron chi connectivity index (χ2n) is 8.05. The summed E-state index contributed by atoms with van der Waals surface area (Å²) < 4.78 is 51.3. The fourth-order valence-corrected chi connectivity index (χ4v) is 6.85. The van der Waals surface area contributed by atoms with Crippen molar-refractivity contribution in [2.24, 2.45) is 5.92 Å². The van der Waals surface area contributed by atoms with Crippen LogP contribution in [0.15, 0.2) is 24.5 Å². The molecule has 0 aliphatic carbocycles. The van der Waals surface area contributed by atoms with Gasteiger partial charge in [-0.3, -0.25) is 9.00 Å². The van der Waals surface area contributed by atoms with Crippen molar-refractivity contribution in [2.75, 3.05) is 36.0 Å². The van der Waals surface area contributed by atoms with E-state index in [2.05, 4.69) is 15.8 Å². The summed E-state index contributed by atoms with van der Waals surface area (Å²) in [4.78, 5) is 25.7. The highest BCUT2D eigenvalue weighted by atomic mass is 35.5. The van der Waals surface area contributed by atoms with Gasteiger partial charge in [0, 0.05) is 54.3 Å². The highest BCUT2D eigenvalue weighted by Crippen LogP contribution is 2.36. The minimum Gasteiger partial charge on any atom is -0.337 e. The lowest BCUT2D eigenvalue weighted by Gasteiger charge is -2.43. The number of anilines is 1. The highest BCUT2D eigenvalue weighted by molar-refractivity contribution is 8.00. The lowest BCUT2D eigenvalue weighted by atomic mass is 9.98. The van der Waals surface area contributed by atoms with Gasteiger partial charge in [0.1, 0.15) is 0 Å². The second-order valence-corrected chi connectivity index (χ2v) is 12.5. The smallest absolute Gasteiger partial charge is 0.337 e. The Labute approximate surface area is 193 Å². The zero-order valence-electron chi connectivity index (χ0n) is 17.1. The van der Waals surface area contributed by atoms with E-state index in [1.54, 1.807) is 11.0 Å². The number of thiophene rings is 1. The predicted molar refractivity (Wildman–Crippen MR) is 121 cm³/mol. The molecule has 0 radical (unpaired) electrons. The Balaban J connectivity index is 1.55. The number of nitrogens with zero attached hydrogens (tertiary/aromatic N) is 4. The van der Waals surface area contributed by atoms with E-state index < -0.39 is 21.3 Å². The molecule has 174 valence electrons. The van der Waals surface area contributed by atoms with E-state index in [4.69, 9.17) is 11.6 Å². The normalized spacial score (nSPS) is 26.9. The van der Waals surface area contributed by atoms with Crippen LogP contribution in [0.25, 0.3) is 0 Å². The second kappa shape index (κ2) is 8.83. The quantitative estimate of drug-likeness (QED) is 0.593. The average molecular weight is 507 g/mol. The molecule has 0 aromatic carbocycles. The molecule has 0 spiro atoms. The molecule has 1 atom stereocenters. The first-order valence-electron chi connectivity index (χ1n) is 10.1. The lowest BCUT2D eigenvalue weighted by Crippen LogP contribution is -2.53. The molecule has 4 heterocycles. The molecule has 2 fully saturated rings. The fourth-order valence-electron chi connectivity index (χ4n) is 4.05. The molecular formula is C20H22ClF3N4O2S2. The molecule has 1 amide bonds. The first kappa shape index (κ1) is 23.3. The summed E-state index contributed by atoms with van der Waals surface area (Å²) in [5, 5.41) is 0. The van der Waals surface area contributed by atoms with Crippen LogP contribution in [0, 0.1) is 5.92 Å². The SMILES string of the molecule is C=S1(=O)CCC(C(=O)N2CCN(c3ncc(C(F)(F)F)cn3)CC2c2ccc(Cl)s2)CC1. The molecule has 2 aliphatic rings. The molecule has 0 N–H and O–H groups in total. The van der Waals surface area contributed by atoms with Crippen LogP contribution in [-0.2, 0) is 20.5 Å². The molecule has 4 rings (SSSR count). The van der Waals surface area contributed by atoms with Crippen molar-refractivity contribution in [1.82, 2.24) is 14.9 Å². The number of piperazine rings is 1. The maximum Gasteiger partial charge on any atom is 0.419 e. The number of halogens is 4. The number of hydrogen-bond acceptors (Lipinski definition) is 6. The van der Waals surface area contributed by atoms with E-state index in [-0.39, 0.29) is 23.8 Å². The topological polar surface area (TPSA) is 66.4 Å². The van der Waals surface area contributed by atoms with E-state index in [1.807, 2.05) is 11.0 Å². The Morgan fingerprint density at radius 1 is 1.19 bits per heavy atom. The predicted octanol–water partition coefficient (Wildman–Crippen LogP) is 3.73. The summed E-state index contributed by atoms with van der Waals surface area (Å²) in [6.45, 7) is 1.11. The van der Waals surface area contributed by atoms with E-state index in [1.165, 1.54) is 11.3 Å². The van der Waals surface area contributed by atoms with Gasteiger partial charge in [-0.05, 0) is 40.4 Å². The average Bonchev–Trinajstić information content (AvgIpc) is 3.18. The summed E-state index contributed by atoms with van der Waals surface area (Å²) in [6.07, 6.45) is -1.87. The number of carbonyl (C=O) groups excluding carboxylic acids is 1. The van der Waals surface area contributed by atoms with Crippen molar-refractivity contribution >= 4 is 50.2 Å². The third-order valence-corrected chi connectivity index (χ3v) is 9.15. The highest BCUT2D eigenvalue weighted by Gasteiger charge is 2.38. The van der Waals surface area contributed by atoms with Crippen molar-refractivity contribution in [1.29, 1.82) is 0 Å². The Kier molecular flexibility index (Phi) is 6.43. The molecule has 0 saturated carbocycles. The number of rotatable bonds is 3. The van der Waals surface area contributed by atoms with Crippen LogP contribution in [0.4, 0.5) is 19.1 Å². The van der Waals surface area contributed by atoms with Crippen LogP contribution in [0.3, 0.4) is 0 Å². The van der Waals surface area contributed by atoms with Crippen molar-refractivity contribution in [2.45, 2.75) is 25.1 Å². The molecular weight excluding hydrogens is 485 g/mol. The number of aromatic nitrogens is 2. The van der Waals surface area contributed by atoms with Crippen LogP contribution >= 0.6 is 22.9 Å². The Bertz CT molecular complexity index is 1080. The number of amides is 1. The maximum atomic E-state index is 13.4. The largest absolute Gasteiger partial charge is 0.419 e. The minimum absolute atomic E-state index is 0.00223. The van der Waals surface area contributed by atoms with Gasteiger partial charge in [0.05, 0.1) is 15.9 Å². The monoisotopic (exact) mass is 506 g/mol. The Morgan fingerprint density at radius 3 is 2.41 bits per heavy atom. The van der Waals surface area contributed by atoms with E-state index in [0.717, 1.165) is 17.3 Å². The molecule has 0 bridgehead atoms. The Hall–Kier alpha value is -1.85. The van der Waals surface area contributed by atoms with Crippen LogP contribution in [0.5, 0.6) is 0 Å². The zero-order chi connectivity index (χ0) is 23.1. The maximum absolute atomic E-state index is 13.4. The van der Waals surface area contributed by atoms with Gasteiger partial charge in [-0.15, -0.1) is 11.3 Å². The summed E-state index contributed by atoms with van der Waals surface area (Å²) in [7, 11) is -2.09. The molecule has 2 aliphatic heterocycles. The minimum atomic E-state index is -4.50. The van der Waals surface area contributed by atoms with Gasteiger partial charge in [0.2, 0.25) is 11.9 Å². The van der Waals surface area contributed by atoms with E-state index in [9.17, 15) is 22.2 Å². The fraction of sp³-hybridized carbons (Fsp3) is 0.500. The van der Waals surface area contributed by atoms with Gasteiger partial charge in [0.25, 0.3) is 0 Å². The van der Waals surface area contributed by atoms with Gasteiger partial charge in [-0.1, -0.05) is 11.6 Å². The zero-order valence-corrected chi connectivity index (χ0v) is 19.4. The van der Waals surface area contributed by atoms with Gasteiger partial charge in [-0.2, -0.15) is 13.2 Å². The number of carbonyl (C=O) groups is 1. The summed E-state index contributed by atoms with van der Waals surface area (Å²) >= 11 is 7.50. The third kappa shape index (κ3) is 5.04. The first-order valence-corrected chi connectivity index (χ1v) is 13.3. The summed E-state index contributed by atoms with van der Waals surface area (Å²) in [5.74, 6) is 4.63. The van der Waals surface area contributed by atoms with Crippen molar-refractivity contribution in [3.05, 3.63) is 39.3 Å². The molecule has 12 heteroatoms. The molecule has 2 aromatic rings. The van der Waals surface area contributed by atoms with Crippen molar-refractivity contribution < 1.29 is 22.2 Å². The van der Waals surface area contributed by atoms with Crippen molar-refractivity contribution in [3.63, 3.8) is 0 Å². The first-order chi connectivity index (χ1) is 15.0. The van der Waals surface area contributed by atoms with Crippen LogP contribution in [0.2, 0.25) is 4.34 Å². The van der Waals surface area contributed by atoms with Gasteiger partial charge >= 0.3 is 6.18 Å². The van der Waals surface area contributed by atoms with Crippen LogP contribution < -0.4 is 4.90 Å². The summed E-state index contributed by atoms with van der Waals surface area (Å²) in [6, 6.07) is 3.29. The lowest BCUT2D eigenvalue weighted by molar-refractivity contribution is -0.139. The van der Waals surface area contributed by atoms with Crippen molar-refractivity contribution in [3.8, 4) is 0 Å². The molecule has 1 unspecified atom stereocenters. The van der Waals surface area contributed by atoms with Gasteiger partial charge < -0.3 is 9.80 Å². The van der Waals surface area contributed by atoms with Crippen LogP contribution in [0.1, 0.15) is 29.3 Å². The Morgan fingerprint density at radius 2 is 1.84 bits per heavy atom. The van der Waals surface area contributed by atoms with E-state index >= 15 is 0 Å². The summed E-state index contributed by atoms with van der Waals surface area (Å²) in [5.41, 5.74) is -0.907. The standard InChI is InChI=1S/C20H22ClF3N4O2S2/c1-32(30)8-4-13(5-9-32)18(29)28-7-6-27(12-15(28)16-2-3-17(21)31-16)19-25-10-14(11-26-19)20(22,23)24/h2-3,10-11,13,15H,1,4-9,12H2. The molecule has 6 nitrogen and oxygen atoms in total. The van der Waals surface area contributed by atoms with Crippen LogP contribution in [-0.4, -0.2) is 62.0 Å². The van der Waals surface area contributed by atoms with Gasteiger partial charge in [-0.25, -0.2) is 9.97 Å². The molecule has 2 aromatic heterocycles. The number of hydrogen-bond donors (Lipinski definition) is 0. The number of alkyl halides is 3. The van der Waals surface area contributed by atoms with Gasteiger partial charge in [0.15, 0.2) is 0 Å².